The molecular formula is C20H20Cl2N6O3S. The summed E-state index contributed by atoms with van der Waals surface area (Å²) in [5.74, 6) is -1.85. The number of benzene rings is 1. The Labute approximate surface area is 198 Å². The normalized spacial score (nSPS) is 16.4. The van der Waals surface area contributed by atoms with Gasteiger partial charge in [-0.2, -0.15) is 15.2 Å². The average molecular weight is 495 g/mol. The molecular weight excluding hydrogens is 475 g/mol. The molecule has 1 aromatic carbocycles. The minimum atomic E-state index is -0.727. The van der Waals surface area contributed by atoms with E-state index >= 15 is 0 Å². The van der Waals surface area contributed by atoms with Gasteiger partial charge in [0, 0.05) is 14.1 Å². The average Bonchev–Trinajstić information content (AvgIpc) is 3.33. The number of hydrazone groups is 2. The summed E-state index contributed by atoms with van der Waals surface area (Å²) in [5.41, 5.74) is 6.41. The minimum Gasteiger partial charge on any atom is -0.285 e. The summed E-state index contributed by atoms with van der Waals surface area (Å²) in [7, 11) is 3.38. The van der Waals surface area contributed by atoms with Crippen LogP contribution in [-0.4, -0.2) is 48.2 Å². The van der Waals surface area contributed by atoms with Gasteiger partial charge >= 0.3 is 0 Å². The molecule has 3 amide bonds. The predicted octanol–water partition coefficient (Wildman–Crippen LogP) is 3.41. The number of amides is 3. The molecule has 0 radical (unpaired) electrons. The van der Waals surface area contributed by atoms with E-state index in [-0.39, 0.29) is 11.8 Å². The summed E-state index contributed by atoms with van der Waals surface area (Å²) in [6.45, 7) is 3.33. The number of halogens is 2. The highest BCUT2D eigenvalue weighted by Gasteiger charge is 2.36. The van der Waals surface area contributed by atoms with E-state index in [1.54, 1.807) is 52.2 Å². The van der Waals surface area contributed by atoms with Crippen molar-refractivity contribution in [2.45, 2.75) is 13.8 Å². The Hall–Kier alpha value is -2.79. The van der Waals surface area contributed by atoms with Gasteiger partial charge in [0.1, 0.15) is 5.92 Å². The number of hydrazine groups is 1. The van der Waals surface area contributed by atoms with Crippen LogP contribution in [0.1, 0.15) is 33.2 Å². The summed E-state index contributed by atoms with van der Waals surface area (Å²) < 4.78 is 0. The molecule has 9 nitrogen and oxygen atoms in total. The number of hydrogen-bond donors (Lipinski definition) is 2. The zero-order valence-electron chi connectivity index (χ0n) is 17.6. The van der Waals surface area contributed by atoms with E-state index in [1.165, 1.54) is 16.1 Å². The number of nitrogens with zero attached hydrogens (tertiary/aromatic N) is 4. The summed E-state index contributed by atoms with van der Waals surface area (Å²) in [5, 5.41) is 11.8. The van der Waals surface area contributed by atoms with Crippen molar-refractivity contribution in [3.05, 3.63) is 50.1 Å². The summed E-state index contributed by atoms with van der Waals surface area (Å²) in [4.78, 5) is 38.1. The zero-order valence-corrected chi connectivity index (χ0v) is 20.0. The van der Waals surface area contributed by atoms with Gasteiger partial charge in [-0.25, -0.2) is 10.4 Å². The third-order valence-electron chi connectivity index (χ3n) is 4.41. The van der Waals surface area contributed by atoms with E-state index in [4.69, 9.17) is 23.2 Å². The number of carbonyl (C=O) groups excluding carboxylic acids is 3. The molecule has 2 aromatic rings. The fraction of sp³-hybridized carbons (Fsp3) is 0.250. The Morgan fingerprint density at radius 3 is 2.41 bits per heavy atom. The van der Waals surface area contributed by atoms with Crippen LogP contribution in [0, 0.1) is 5.92 Å². The Morgan fingerprint density at radius 2 is 1.78 bits per heavy atom. The summed E-state index contributed by atoms with van der Waals surface area (Å²) >= 11 is 13.0. The van der Waals surface area contributed by atoms with Crippen molar-refractivity contribution in [1.29, 1.82) is 0 Å². The first-order valence-corrected chi connectivity index (χ1v) is 10.9. The van der Waals surface area contributed by atoms with Crippen molar-refractivity contribution < 1.29 is 14.4 Å². The van der Waals surface area contributed by atoms with Gasteiger partial charge in [-0.15, -0.1) is 11.3 Å². The molecule has 32 heavy (non-hydrogen) atoms. The predicted molar refractivity (Wildman–Crippen MR) is 127 cm³/mol. The first-order valence-electron chi connectivity index (χ1n) is 9.35. The molecule has 0 saturated heterocycles. The van der Waals surface area contributed by atoms with Gasteiger partial charge in [0.2, 0.25) is 0 Å². The zero-order chi connectivity index (χ0) is 23.6. The molecule has 1 aliphatic rings. The van der Waals surface area contributed by atoms with Gasteiger partial charge < -0.3 is 0 Å². The van der Waals surface area contributed by atoms with Gasteiger partial charge in [-0.1, -0.05) is 23.2 Å². The maximum Gasteiger partial charge on any atom is 0.281 e. The van der Waals surface area contributed by atoms with Crippen LogP contribution < -0.4 is 15.9 Å². The molecule has 0 aliphatic carbocycles. The number of carbonyl (C=O) groups is 3. The van der Waals surface area contributed by atoms with E-state index in [1.807, 2.05) is 0 Å². The van der Waals surface area contributed by atoms with Crippen molar-refractivity contribution in [3.63, 3.8) is 0 Å². The topological polar surface area (TPSA) is 106 Å². The molecule has 1 unspecified atom stereocenters. The second kappa shape index (κ2) is 9.78. The lowest BCUT2D eigenvalue weighted by atomic mass is 9.99. The van der Waals surface area contributed by atoms with E-state index in [0.29, 0.717) is 36.9 Å². The Balaban J connectivity index is 1.69. The lowest BCUT2D eigenvalue weighted by molar-refractivity contribution is -0.118. The van der Waals surface area contributed by atoms with Crippen LogP contribution in [0.15, 0.2) is 40.5 Å². The highest BCUT2D eigenvalue weighted by Crippen LogP contribution is 2.30. The fourth-order valence-electron chi connectivity index (χ4n) is 2.95. The van der Waals surface area contributed by atoms with E-state index in [0.717, 1.165) is 11.3 Å². The smallest absolute Gasteiger partial charge is 0.281 e. The highest BCUT2D eigenvalue weighted by atomic mass is 35.5. The number of anilines is 1. The molecule has 3 rings (SSSR count). The van der Waals surface area contributed by atoms with Crippen molar-refractivity contribution >= 4 is 69.4 Å². The van der Waals surface area contributed by atoms with Crippen LogP contribution in [0.4, 0.5) is 5.69 Å². The van der Waals surface area contributed by atoms with Crippen molar-refractivity contribution in [3.8, 4) is 0 Å². The summed E-state index contributed by atoms with van der Waals surface area (Å²) in [6.07, 6.45) is 0. The monoisotopic (exact) mass is 494 g/mol. The lowest BCUT2D eigenvalue weighted by Crippen LogP contribution is -2.35. The quantitative estimate of drug-likeness (QED) is 0.473. The molecule has 1 aromatic heterocycles. The molecule has 0 fully saturated rings. The SMILES string of the molecule is CC1=NN(c2ccc(Cl)c(Cl)c2)C(=O)C1/C(C)=N/NC(=O)c1ccc(C(=O)NN(C)C)s1. The molecule has 12 heteroatoms. The van der Waals surface area contributed by atoms with Gasteiger partial charge in [0.05, 0.1) is 36.9 Å². The molecule has 2 N–H and O–H groups in total. The number of nitrogens with one attached hydrogen (secondary N) is 2. The van der Waals surface area contributed by atoms with Gasteiger partial charge in [0.15, 0.2) is 0 Å². The standard InChI is InChI=1S/C20H20Cl2N6O3S/c1-10(23-24-18(29)15-7-8-16(32-15)19(30)26-27(3)4)17-11(2)25-28(20(17)31)12-5-6-13(21)14(22)9-12/h5-9,17H,1-4H3,(H,24,29)(H,26,30)/b23-10+. The van der Waals surface area contributed by atoms with Crippen molar-refractivity contribution in [2.24, 2.45) is 16.1 Å². The largest absolute Gasteiger partial charge is 0.285 e. The van der Waals surface area contributed by atoms with E-state index in [9.17, 15) is 14.4 Å². The van der Waals surface area contributed by atoms with E-state index < -0.39 is 11.8 Å². The Kier molecular flexibility index (Phi) is 7.29. The van der Waals surface area contributed by atoms with Crippen LogP contribution in [-0.2, 0) is 4.79 Å². The van der Waals surface area contributed by atoms with Crippen LogP contribution >= 0.6 is 34.5 Å². The highest BCUT2D eigenvalue weighted by molar-refractivity contribution is 7.15. The second-order valence-electron chi connectivity index (χ2n) is 7.12. The first kappa shape index (κ1) is 23.9. The lowest BCUT2D eigenvalue weighted by Gasteiger charge is -2.15. The fourth-order valence-corrected chi connectivity index (χ4v) is 4.03. The molecule has 2 heterocycles. The van der Waals surface area contributed by atoms with Gasteiger partial charge in [0.25, 0.3) is 17.7 Å². The summed E-state index contributed by atoms with van der Waals surface area (Å²) in [6, 6.07) is 7.87. The van der Waals surface area contributed by atoms with Gasteiger partial charge in [-0.3, -0.25) is 19.8 Å². The third-order valence-corrected chi connectivity index (χ3v) is 6.23. The number of rotatable bonds is 6. The second-order valence-corrected chi connectivity index (χ2v) is 9.01. The molecule has 168 valence electrons. The van der Waals surface area contributed by atoms with Crippen molar-refractivity contribution in [2.75, 3.05) is 19.1 Å². The first-order chi connectivity index (χ1) is 15.1. The van der Waals surface area contributed by atoms with Crippen LogP contribution in [0.3, 0.4) is 0 Å². The van der Waals surface area contributed by atoms with Gasteiger partial charge in [-0.05, 0) is 44.2 Å². The van der Waals surface area contributed by atoms with Crippen LogP contribution in [0.25, 0.3) is 0 Å². The molecule has 0 spiro atoms. The van der Waals surface area contributed by atoms with Crippen molar-refractivity contribution in [1.82, 2.24) is 15.9 Å². The number of hydrogen-bond acceptors (Lipinski definition) is 7. The number of thiophene rings is 1. The molecule has 1 atom stereocenters. The minimum absolute atomic E-state index is 0.306. The molecule has 0 bridgehead atoms. The Bertz CT molecular complexity index is 1140. The molecule has 1 aliphatic heterocycles. The van der Waals surface area contributed by atoms with E-state index in [2.05, 4.69) is 21.1 Å². The maximum absolute atomic E-state index is 12.9. The maximum atomic E-state index is 12.9. The van der Waals surface area contributed by atoms with Crippen LogP contribution in [0.5, 0.6) is 0 Å². The Morgan fingerprint density at radius 1 is 1.12 bits per heavy atom. The third kappa shape index (κ3) is 5.16. The van der Waals surface area contributed by atoms with Crippen LogP contribution in [0.2, 0.25) is 10.0 Å². The molecule has 0 saturated carbocycles.